The Kier molecular flexibility index (Phi) is 5.86. The number of aliphatic hydroxyl groups excluding tert-OH is 1. The number of benzene rings is 1. The molecule has 0 spiro atoms. The van der Waals surface area contributed by atoms with Crippen LogP contribution in [0.2, 0.25) is 0 Å². The number of hydrogen-bond donors (Lipinski definition) is 1. The van der Waals surface area contributed by atoms with E-state index in [1.165, 1.54) is 18.4 Å². The molecule has 3 heterocycles. The number of nitrogens with zero attached hydrogens (tertiary/aromatic N) is 5. The Labute approximate surface area is 161 Å². The van der Waals surface area contributed by atoms with Gasteiger partial charge in [-0.1, -0.05) is 30.3 Å². The van der Waals surface area contributed by atoms with Gasteiger partial charge in [0.05, 0.1) is 12.6 Å². The molecule has 1 N–H and O–H groups in total. The summed E-state index contributed by atoms with van der Waals surface area (Å²) in [7, 11) is 2.11. The van der Waals surface area contributed by atoms with E-state index in [9.17, 15) is 5.11 Å². The second kappa shape index (κ2) is 8.50. The van der Waals surface area contributed by atoms with Gasteiger partial charge in [0.25, 0.3) is 0 Å². The van der Waals surface area contributed by atoms with E-state index < -0.39 is 0 Å². The SMILES string of the molecule is Cn1c(CN2CCC(O)CC2)nnc1[C@H]1CCCN(Cc2ccccc2)C1. The first kappa shape index (κ1) is 18.6. The molecule has 2 aliphatic heterocycles. The molecule has 0 amide bonds. The van der Waals surface area contributed by atoms with Crippen LogP contribution in [0.25, 0.3) is 0 Å². The zero-order valence-corrected chi connectivity index (χ0v) is 16.3. The van der Waals surface area contributed by atoms with Crippen molar-refractivity contribution in [1.82, 2.24) is 24.6 Å². The maximum absolute atomic E-state index is 9.69. The van der Waals surface area contributed by atoms with E-state index in [2.05, 4.69) is 61.9 Å². The number of aliphatic hydroxyl groups is 1. The molecule has 146 valence electrons. The highest BCUT2D eigenvalue weighted by molar-refractivity contribution is 5.15. The van der Waals surface area contributed by atoms with Crippen LogP contribution in [-0.2, 0) is 20.1 Å². The normalized spacial score (nSPS) is 23.0. The molecule has 6 heteroatoms. The molecule has 0 saturated carbocycles. The molecule has 2 aliphatic rings. The molecular formula is C21H31N5O. The van der Waals surface area contributed by atoms with Crippen molar-refractivity contribution in [3.8, 4) is 0 Å². The molecule has 4 rings (SSSR count). The van der Waals surface area contributed by atoms with Gasteiger partial charge in [0.15, 0.2) is 0 Å². The standard InChI is InChI=1S/C21H31N5O/c1-24-20(16-25-12-9-19(27)10-13-25)22-23-21(24)18-8-5-11-26(15-18)14-17-6-3-2-4-7-17/h2-4,6-7,18-19,27H,5,8-16H2,1H3/t18-/m0/s1. The average molecular weight is 370 g/mol. The third-order valence-electron chi connectivity index (χ3n) is 6.04. The maximum atomic E-state index is 9.69. The van der Waals surface area contributed by atoms with E-state index in [1.807, 2.05) is 0 Å². The minimum Gasteiger partial charge on any atom is -0.393 e. The monoisotopic (exact) mass is 369 g/mol. The summed E-state index contributed by atoms with van der Waals surface area (Å²) in [4.78, 5) is 4.92. The fraction of sp³-hybridized carbons (Fsp3) is 0.619. The smallest absolute Gasteiger partial charge is 0.146 e. The first-order valence-electron chi connectivity index (χ1n) is 10.2. The van der Waals surface area contributed by atoms with Crippen LogP contribution in [0.15, 0.2) is 30.3 Å². The molecule has 0 aliphatic carbocycles. The van der Waals surface area contributed by atoms with E-state index in [0.29, 0.717) is 5.92 Å². The van der Waals surface area contributed by atoms with Gasteiger partial charge in [-0.3, -0.25) is 9.80 Å². The Bertz CT molecular complexity index is 723. The van der Waals surface area contributed by atoms with Gasteiger partial charge in [0.1, 0.15) is 11.6 Å². The van der Waals surface area contributed by atoms with Crippen LogP contribution in [0.1, 0.15) is 48.8 Å². The first-order valence-corrected chi connectivity index (χ1v) is 10.2. The van der Waals surface area contributed by atoms with Crippen molar-refractivity contribution < 1.29 is 5.11 Å². The third-order valence-corrected chi connectivity index (χ3v) is 6.04. The Morgan fingerprint density at radius 2 is 1.74 bits per heavy atom. The number of likely N-dealkylation sites (tertiary alicyclic amines) is 2. The summed E-state index contributed by atoms with van der Waals surface area (Å²) >= 11 is 0. The highest BCUT2D eigenvalue weighted by atomic mass is 16.3. The Morgan fingerprint density at radius 1 is 0.963 bits per heavy atom. The van der Waals surface area contributed by atoms with Crippen molar-refractivity contribution in [3.63, 3.8) is 0 Å². The van der Waals surface area contributed by atoms with E-state index in [4.69, 9.17) is 0 Å². The van der Waals surface area contributed by atoms with Crippen LogP contribution in [-0.4, -0.2) is 62.0 Å². The summed E-state index contributed by atoms with van der Waals surface area (Å²) in [5, 5.41) is 18.8. The zero-order valence-electron chi connectivity index (χ0n) is 16.3. The molecule has 1 atom stereocenters. The highest BCUT2D eigenvalue weighted by Gasteiger charge is 2.27. The van der Waals surface area contributed by atoms with Crippen molar-refractivity contribution >= 4 is 0 Å². The molecule has 0 unspecified atom stereocenters. The summed E-state index contributed by atoms with van der Waals surface area (Å²) in [6, 6.07) is 10.7. The number of hydrogen-bond acceptors (Lipinski definition) is 5. The maximum Gasteiger partial charge on any atom is 0.146 e. The van der Waals surface area contributed by atoms with Crippen LogP contribution in [0.3, 0.4) is 0 Å². The second-order valence-electron chi connectivity index (χ2n) is 8.10. The quantitative estimate of drug-likeness (QED) is 0.875. The molecule has 1 aromatic carbocycles. The van der Waals surface area contributed by atoms with Crippen molar-refractivity contribution in [2.75, 3.05) is 26.2 Å². The Morgan fingerprint density at radius 3 is 2.52 bits per heavy atom. The molecule has 27 heavy (non-hydrogen) atoms. The lowest BCUT2D eigenvalue weighted by molar-refractivity contribution is 0.0775. The molecule has 0 bridgehead atoms. The molecule has 1 aromatic heterocycles. The van der Waals surface area contributed by atoms with E-state index in [-0.39, 0.29) is 6.10 Å². The third kappa shape index (κ3) is 4.57. The first-order chi connectivity index (χ1) is 13.2. The van der Waals surface area contributed by atoms with Crippen LogP contribution in [0, 0.1) is 0 Å². The summed E-state index contributed by atoms with van der Waals surface area (Å²) in [5.74, 6) is 2.62. The van der Waals surface area contributed by atoms with Gasteiger partial charge in [0, 0.05) is 39.1 Å². The minimum absolute atomic E-state index is 0.130. The van der Waals surface area contributed by atoms with Gasteiger partial charge in [-0.2, -0.15) is 0 Å². The van der Waals surface area contributed by atoms with E-state index in [1.54, 1.807) is 0 Å². The number of aromatic nitrogens is 3. The van der Waals surface area contributed by atoms with Crippen LogP contribution in [0.4, 0.5) is 0 Å². The molecule has 2 aromatic rings. The fourth-order valence-electron chi connectivity index (χ4n) is 4.40. The zero-order chi connectivity index (χ0) is 18.6. The number of rotatable bonds is 5. The summed E-state index contributed by atoms with van der Waals surface area (Å²) in [5.41, 5.74) is 1.38. The second-order valence-corrected chi connectivity index (χ2v) is 8.10. The predicted octanol–water partition coefficient (Wildman–Crippen LogP) is 2.15. The van der Waals surface area contributed by atoms with Gasteiger partial charge in [-0.25, -0.2) is 0 Å². The average Bonchev–Trinajstić information content (AvgIpc) is 3.05. The van der Waals surface area contributed by atoms with Crippen molar-refractivity contribution in [3.05, 3.63) is 47.5 Å². The molecule has 2 fully saturated rings. The summed E-state index contributed by atoms with van der Waals surface area (Å²) < 4.78 is 2.21. The summed E-state index contributed by atoms with van der Waals surface area (Å²) in [6.45, 7) is 5.94. The molecular weight excluding hydrogens is 338 g/mol. The van der Waals surface area contributed by atoms with Crippen molar-refractivity contribution in [2.24, 2.45) is 7.05 Å². The van der Waals surface area contributed by atoms with Crippen LogP contribution < -0.4 is 0 Å². The predicted molar refractivity (Wildman–Crippen MR) is 105 cm³/mol. The Balaban J connectivity index is 1.38. The van der Waals surface area contributed by atoms with Crippen LogP contribution in [0.5, 0.6) is 0 Å². The Hall–Kier alpha value is -1.76. The van der Waals surface area contributed by atoms with Gasteiger partial charge in [0.2, 0.25) is 0 Å². The van der Waals surface area contributed by atoms with E-state index >= 15 is 0 Å². The highest BCUT2D eigenvalue weighted by Crippen LogP contribution is 2.27. The number of piperidine rings is 2. The van der Waals surface area contributed by atoms with Crippen molar-refractivity contribution in [2.45, 2.75) is 50.8 Å². The van der Waals surface area contributed by atoms with Gasteiger partial charge < -0.3 is 9.67 Å². The lowest BCUT2D eigenvalue weighted by Gasteiger charge is -2.32. The van der Waals surface area contributed by atoms with Gasteiger partial charge in [-0.15, -0.1) is 10.2 Å². The van der Waals surface area contributed by atoms with Crippen molar-refractivity contribution in [1.29, 1.82) is 0 Å². The van der Waals surface area contributed by atoms with Gasteiger partial charge >= 0.3 is 0 Å². The van der Waals surface area contributed by atoms with E-state index in [0.717, 1.165) is 63.8 Å². The fourth-order valence-corrected chi connectivity index (χ4v) is 4.40. The minimum atomic E-state index is -0.130. The van der Waals surface area contributed by atoms with Crippen LogP contribution >= 0.6 is 0 Å². The molecule has 6 nitrogen and oxygen atoms in total. The largest absolute Gasteiger partial charge is 0.393 e. The van der Waals surface area contributed by atoms with Gasteiger partial charge in [-0.05, 0) is 37.8 Å². The molecule has 2 saturated heterocycles. The topological polar surface area (TPSA) is 57.4 Å². The molecule has 0 radical (unpaired) electrons. The lowest BCUT2D eigenvalue weighted by atomic mass is 9.96. The summed E-state index contributed by atoms with van der Waals surface area (Å²) in [6.07, 6.45) is 4.00. The lowest BCUT2D eigenvalue weighted by Crippen LogP contribution is -2.36.